The summed E-state index contributed by atoms with van der Waals surface area (Å²) >= 11 is 1.58. The van der Waals surface area contributed by atoms with Crippen LogP contribution in [0.5, 0.6) is 5.75 Å². The van der Waals surface area contributed by atoms with Crippen LogP contribution in [0.25, 0.3) is 0 Å². The number of amides is 1. The molecule has 0 radical (unpaired) electrons. The largest absolute Gasteiger partial charge is 0.484 e. The minimum atomic E-state index is 0.0379. The fraction of sp³-hybridized carbons (Fsp3) is 0.375. The van der Waals surface area contributed by atoms with Gasteiger partial charge < -0.3 is 9.64 Å². The van der Waals surface area contributed by atoms with Crippen molar-refractivity contribution in [3.63, 3.8) is 0 Å². The number of carbonyl (C=O) groups is 1. The minimum absolute atomic E-state index is 0.0379. The SMILES string of the molecule is Cc1ccccc1OCC(=O)N(Cc1nccs1)C1CC1. The molecular weight excluding hydrogens is 284 g/mol. The topological polar surface area (TPSA) is 42.4 Å². The first-order valence-electron chi connectivity index (χ1n) is 7.10. The van der Waals surface area contributed by atoms with E-state index in [2.05, 4.69) is 4.98 Å². The van der Waals surface area contributed by atoms with Gasteiger partial charge in [-0.25, -0.2) is 4.98 Å². The summed E-state index contributed by atoms with van der Waals surface area (Å²) in [5.41, 5.74) is 1.04. The van der Waals surface area contributed by atoms with Crippen molar-refractivity contribution < 1.29 is 9.53 Å². The fourth-order valence-corrected chi connectivity index (χ4v) is 2.84. The zero-order valence-electron chi connectivity index (χ0n) is 12.0. The van der Waals surface area contributed by atoms with Crippen molar-refractivity contribution in [1.29, 1.82) is 0 Å². The predicted octanol–water partition coefficient (Wildman–Crippen LogP) is 3.02. The molecule has 1 aliphatic carbocycles. The van der Waals surface area contributed by atoms with Crippen molar-refractivity contribution in [2.75, 3.05) is 6.61 Å². The second-order valence-electron chi connectivity index (χ2n) is 5.23. The lowest BCUT2D eigenvalue weighted by molar-refractivity contribution is -0.134. The Morgan fingerprint density at radius 1 is 1.43 bits per heavy atom. The molecule has 1 fully saturated rings. The highest BCUT2D eigenvalue weighted by Gasteiger charge is 2.33. The summed E-state index contributed by atoms with van der Waals surface area (Å²) in [4.78, 5) is 18.6. The van der Waals surface area contributed by atoms with E-state index in [1.807, 2.05) is 41.5 Å². The Morgan fingerprint density at radius 2 is 2.24 bits per heavy atom. The molecule has 1 amide bonds. The van der Waals surface area contributed by atoms with E-state index in [0.29, 0.717) is 12.6 Å². The molecule has 110 valence electrons. The smallest absolute Gasteiger partial charge is 0.261 e. The van der Waals surface area contributed by atoms with E-state index < -0.39 is 0 Å². The Balaban J connectivity index is 1.61. The van der Waals surface area contributed by atoms with Crippen LogP contribution in [-0.2, 0) is 11.3 Å². The molecule has 1 heterocycles. The monoisotopic (exact) mass is 302 g/mol. The lowest BCUT2D eigenvalue weighted by Gasteiger charge is -2.21. The number of hydrogen-bond acceptors (Lipinski definition) is 4. The van der Waals surface area contributed by atoms with Crippen molar-refractivity contribution in [3.8, 4) is 5.75 Å². The summed E-state index contributed by atoms with van der Waals surface area (Å²) in [5.74, 6) is 0.812. The van der Waals surface area contributed by atoms with Gasteiger partial charge in [0.05, 0.1) is 6.54 Å². The van der Waals surface area contributed by atoms with Gasteiger partial charge in [-0.2, -0.15) is 0 Å². The van der Waals surface area contributed by atoms with Crippen molar-refractivity contribution in [1.82, 2.24) is 9.88 Å². The number of aryl methyl sites for hydroxylation is 1. The first-order valence-corrected chi connectivity index (χ1v) is 7.98. The molecule has 0 saturated heterocycles. The van der Waals surface area contributed by atoms with E-state index >= 15 is 0 Å². The molecule has 4 nitrogen and oxygen atoms in total. The Labute approximate surface area is 128 Å². The number of nitrogens with zero attached hydrogens (tertiary/aromatic N) is 2. The number of ether oxygens (including phenoxy) is 1. The first-order chi connectivity index (χ1) is 10.2. The summed E-state index contributed by atoms with van der Waals surface area (Å²) in [6.07, 6.45) is 3.95. The molecule has 0 N–H and O–H groups in total. The first kappa shape index (κ1) is 14.1. The van der Waals surface area contributed by atoms with E-state index in [0.717, 1.165) is 29.2 Å². The van der Waals surface area contributed by atoms with E-state index in [-0.39, 0.29) is 12.5 Å². The molecule has 0 aliphatic heterocycles. The van der Waals surface area contributed by atoms with Crippen molar-refractivity contribution in [2.45, 2.75) is 32.4 Å². The van der Waals surface area contributed by atoms with Gasteiger partial charge >= 0.3 is 0 Å². The zero-order valence-corrected chi connectivity index (χ0v) is 12.8. The third-order valence-electron chi connectivity index (χ3n) is 3.54. The van der Waals surface area contributed by atoms with Crippen LogP contribution in [-0.4, -0.2) is 28.4 Å². The standard InChI is InChI=1S/C16H18N2O2S/c1-12-4-2-3-5-14(12)20-11-16(19)18(13-6-7-13)10-15-17-8-9-21-15/h2-5,8-9,13H,6-7,10-11H2,1H3. The van der Waals surface area contributed by atoms with Gasteiger partial charge in [0.2, 0.25) is 0 Å². The summed E-state index contributed by atoms with van der Waals surface area (Å²) in [7, 11) is 0. The Kier molecular flexibility index (Phi) is 4.20. The highest BCUT2D eigenvalue weighted by Crippen LogP contribution is 2.29. The van der Waals surface area contributed by atoms with Gasteiger partial charge in [-0.15, -0.1) is 11.3 Å². The highest BCUT2D eigenvalue weighted by molar-refractivity contribution is 7.09. The molecule has 0 bridgehead atoms. The number of thiazole rings is 1. The van der Waals surface area contributed by atoms with Gasteiger partial charge in [0, 0.05) is 17.6 Å². The quantitative estimate of drug-likeness (QED) is 0.823. The van der Waals surface area contributed by atoms with Crippen LogP contribution >= 0.6 is 11.3 Å². The van der Waals surface area contributed by atoms with Gasteiger partial charge in [0.25, 0.3) is 5.91 Å². The maximum absolute atomic E-state index is 12.4. The van der Waals surface area contributed by atoms with Crippen molar-refractivity contribution >= 4 is 17.2 Å². The third kappa shape index (κ3) is 3.61. The van der Waals surface area contributed by atoms with E-state index in [1.165, 1.54) is 0 Å². The Bertz CT molecular complexity index is 608. The number of benzene rings is 1. The van der Waals surface area contributed by atoms with Crippen LogP contribution in [0, 0.1) is 6.92 Å². The van der Waals surface area contributed by atoms with Gasteiger partial charge in [-0.3, -0.25) is 4.79 Å². The Hall–Kier alpha value is -1.88. The maximum Gasteiger partial charge on any atom is 0.261 e. The zero-order chi connectivity index (χ0) is 14.7. The lowest BCUT2D eigenvalue weighted by atomic mass is 10.2. The number of para-hydroxylation sites is 1. The number of aromatic nitrogens is 1. The van der Waals surface area contributed by atoms with E-state index in [4.69, 9.17) is 4.74 Å². The predicted molar refractivity (Wildman–Crippen MR) is 82.4 cm³/mol. The summed E-state index contributed by atoms with van der Waals surface area (Å²) < 4.78 is 5.67. The minimum Gasteiger partial charge on any atom is -0.484 e. The number of carbonyl (C=O) groups excluding carboxylic acids is 1. The fourth-order valence-electron chi connectivity index (χ4n) is 2.22. The highest BCUT2D eigenvalue weighted by atomic mass is 32.1. The normalized spacial score (nSPS) is 14.0. The molecule has 0 unspecified atom stereocenters. The van der Waals surface area contributed by atoms with Crippen LogP contribution in [0.1, 0.15) is 23.4 Å². The molecule has 1 aromatic carbocycles. The molecule has 2 aromatic rings. The van der Waals surface area contributed by atoms with Gasteiger partial charge in [0.15, 0.2) is 6.61 Å². The van der Waals surface area contributed by atoms with Crippen LogP contribution in [0.4, 0.5) is 0 Å². The average Bonchev–Trinajstić information content (AvgIpc) is 3.20. The maximum atomic E-state index is 12.4. The van der Waals surface area contributed by atoms with Gasteiger partial charge in [0.1, 0.15) is 10.8 Å². The summed E-state index contributed by atoms with van der Waals surface area (Å²) in [6.45, 7) is 2.67. The average molecular weight is 302 g/mol. The molecule has 0 spiro atoms. The number of hydrogen-bond donors (Lipinski definition) is 0. The van der Waals surface area contributed by atoms with Gasteiger partial charge in [-0.05, 0) is 31.4 Å². The molecular formula is C16H18N2O2S. The molecule has 3 rings (SSSR count). The molecule has 21 heavy (non-hydrogen) atoms. The second kappa shape index (κ2) is 6.26. The molecule has 1 aliphatic rings. The summed E-state index contributed by atoms with van der Waals surface area (Å²) in [6, 6.07) is 8.12. The van der Waals surface area contributed by atoms with Crippen LogP contribution in [0.2, 0.25) is 0 Å². The van der Waals surface area contributed by atoms with Crippen LogP contribution in [0.3, 0.4) is 0 Å². The van der Waals surface area contributed by atoms with Crippen LogP contribution < -0.4 is 4.74 Å². The molecule has 5 heteroatoms. The van der Waals surface area contributed by atoms with Crippen molar-refractivity contribution in [2.24, 2.45) is 0 Å². The second-order valence-corrected chi connectivity index (χ2v) is 6.21. The van der Waals surface area contributed by atoms with E-state index in [9.17, 15) is 4.79 Å². The third-order valence-corrected chi connectivity index (χ3v) is 4.31. The number of rotatable bonds is 6. The Morgan fingerprint density at radius 3 is 2.90 bits per heavy atom. The van der Waals surface area contributed by atoms with E-state index in [1.54, 1.807) is 17.5 Å². The van der Waals surface area contributed by atoms with Gasteiger partial charge in [-0.1, -0.05) is 18.2 Å². The molecule has 1 aromatic heterocycles. The van der Waals surface area contributed by atoms with Crippen molar-refractivity contribution in [3.05, 3.63) is 46.4 Å². The lowest BCUT2D eigenvalue weighted by Crippen LogP contribution is -2.36. The molecule has 0 atom stereocenters. The van der Waals surface area contributed by atoms with Crippen LogP contribution in [0.15, 0.2) is 35.8 Å². The summed E-state index contributed by atoms with van der Waals surface area (Å²) in [5, 5.41) is 2.92. The molecule has 1 saturated carbocycles.